The van der Waals surface area contributed by atoms with Crippen molar-refractivity contribution >= 4 is 11.8 Å². The van der Waals surface area contributed by atoms with Crippen molar-refractivity contribution in [1.29, 1.82) is 0 Å². The molecule has 1 aliphatic rings. The molecule has 0 radical (unpaired) electrons. The van der Waals surface area contributed by atoms with Crippen molar-refractivity contribution in [2.24, 2.45) is 0 Å². The average Bonchev–Trinajstić information content (AvgIpc) is 2.63. The summed E-state index contributed by atoms with van der Waals surface area (Å²) >= 11 is 0. The minimum absolute atomic E-state index is 0.156. The lowest BCUT2D eigenvalue weighted by Gasteiger charge is -2.25. The van der Waals surface area contributed by atoms with Crippen LogP contribution in [-0.4, -0.2) is 16.7 Å². The van der Waals surface area contributed by atoms with Crippen LogP contribution in [0.2, 0.25) is 0 Å². The summed E-state index contributed by atoms with van der Waals surface area (Å²) in [4.78, 5) is 24.5. The minimum Gasteiger partial charge on any atom is -0.269 e. The number of amides is 2. The molecule has 16 heavy (non-hydrogen) atoms. The Kier molecular flexibility index (Phi) is 2.86. The van der Waals surface area contributed by atoms with E-state index < -0.39 is 0 Å². The normalized spacial score (nSPS) is 16.9. The van der Waals surface area contributed by atoms with E-state index in [4.69, 9.17) is 0 Å². The van der Waals surface area contributed by atoms with Crippen molar-refractivity contribution in [2.75, 3.05) is 0 Å². The molecule has 1 aliphatic heterocycles. The molecular formula is C13H13NO2. The van der Waals surface area contributed by atoms with Crippen LogP contribution in [-0.2, 0) is 9.59 Å². The van der Waals surface area contributed by atoms with Gasteiger partial charge in [-0.05, 0) is 12.0 Å². The lowest BCUT2D eigenvalue weighted by atomic mass is 10.0. The van der Waals surface area contributed by atoms with E-state index in [-0.39, 0.29) is 17.9 Å². The number of rotatable bonds is 3. The Morgan fingerprint density at radius 3 is 2.12 bits per heavy atom. The molecule has 2 amide bonds. The predicted octanol–water partition coefficient (Wildman–Crippen LogP) is 2.06. The molecule has 1 aromatic rings. The summed E-state index contributed by atoms with van der Waals surface area (Å²) in [6, 6.07) is 9.46. The third-order valence-corrected chi connectivity index (χ3v) is 2.73. The first-order valence-electron chi connectivity index (χ1n) is 5.34. The molecule has 0 bridgehead atoms. The van der Waals surface area contributed by atoms with Crippen LogP contribution in [0.25, 0.3) is 0 Å². The SMILES string of the molecule is CC[C@@H](c1ccccc1)N1C(=O)C=CC1=O. The Labute approximate surface area is 94.4 Å². The molecule has 0 aliphatic carbocycles. The van der Waals surface area contributed by atoms with Crippen molar-refractivity contribution in [3.63, 3.8) is 0 Å². The molecule has 0 spiro atoms. The van der Waals surface area contributed by atoms with Crippen LogP contribution in [0, 0.1) is 0 Å². The van der Waals surface area contributed by atoms with Gasteiger partial charge in [0.1, 0.15) is 0 Å². The van der Waals surface area contributed by atoms with Gasteiger partial charge in [0.2, 0.25) is 0 Å². The van der Waals surface area contributed by atoms with Crippen LogP contribution < -0.4 is 0 Å². The van der Waals surface area contributed by atoms with Gasteiger partial charge in [-0.15, -0.1) is 0 Å². The van der Waals surface area contributed by atoms with Crippen LogP contribution in [0.1, 0.15) is 24.9 Å². The molecule has 0 unspecified atom stereocenters. The molecule has 2 rings (SSSR count). The molecule has 0 fully saturated rings. The summed E-state index contributed by atoms with van der Waals surface area (Å²) in [5.41, 5.74) is 0.996. The van der Waals surface area contributed by atoms with E-state index in [9.17, 15) is 9.59 Å². The van der Waals surface area contributed by atoms with Gasteiger partial charge < -0.3 is 0 Å². The Bertz CT molecular complexity index is 419. The topological polar surface area (TPSA) is 37.4 Å². The Morgan fingerprint density at radius 2 is 1.62 bits per heavy atom. The van der Waals surface area contributed by atoms with E-state index >= 15 is 0 Å². The smallest absolute Gasteiger partial charge is 0.254 e. The molecule has 1 aromatic carbocycles. The standard InChI is InChI=1S/C13H13NO2/c1-2-11(10-6-4-3-5-7-10)14-12(15)8-9-13(14)16/h3-9,11H,2H2,1H3/t11-/m0/s1. The van der Waals surface area contributed by atoms with Crippen molar-refractivity contribution in [3.8, 4) is 0 Å². The molecule has 0 N–H and O–H groups in total. The predicted molar refractivity (Wildman–Crippen MR) is 60.5 cm³/mol. The second-order valence-corrected chi connectivity index (χ2v) is 3.71. The first-order chi connectivity index (χ1) is 7.74. The van der Waals surface area contributed by atoms with Crippen LogP contribution >= 0.6 is 0 Å². The van der Waals surface area contributed by atoms with Crippen molar-refractivity contribution in [3.05, 3.63) is 48.0 Å². The molecule has 1 heterocycles. The maximum Gasteiger partial charge on any atom is 0.254 e. The Morgan fingerprint density at radius 1 is 1.06 bits per heavy atom. The van der Waals surface area contributed by atoms with Crippen LogP contribution in [0.3, 0.4) is 0 Å². The third kappa shape index (κ3) is 1.76. The number of hydrogen-bond acceptors (Lipinski definition) is 2. The zero-order chi connectivity index (χ0) is 11.5. The van der Waals surface area contributed by atoms with E-state index in [0.29, 0.717) is 0 Å². The van der Waals surface area contributed by atoms with Gasteiger partial charge in [0.25, 0.3) is 11.8 Å². The highest BCUT2D eigenvalue weighted by molar-refractivity contribution is 6.13. The monoisotopic (exact) mass is 215 g/mol. The fourth-order valence-electron chi connectivity index (χ4n) is 1.96. The number of carbonyl (C=O) groups is 2. The Hall–Kier alpha value is -1.90. The molecule has 0 saturated heterocycles. The second kappa shape index (κ2) is 4.31. The van der Waals surface area contributed by atoms with Gasteiger partial charge in [-0.25, -0.2) is 0 Å². The van der Waals surface area contributed by atoms with Gasteiger partial charge in [-0.2, -0.15) is 0 Å². The van der Waals surface area contributed by atoms with Gasteiger partial charge in [-0.3, -0.25) is 14.5 Å². The third-order valence-electron chi connectivity index (χ3n) is 2.73. The summed E-state index contributed by atoms with van der Waals surface area (Å²) in [6.07, 6.45) is 3.38. The highest BCUT2D eigenvalue weighted by Gasteiger charge is 2.30. The molecule has 3 nitrogen and oxygen atoms in total. The fourth-order valence-corrected chi connectivity index (χ4v) is 1.96. The summed E-state index contributed by atoms with van der Waals surface area (Å²) in [5, 5.41) is 0. The van der Waals surface area contributed by atoms with Crippen molar-refractivity contribution < 1.29 is 9.59 Å². The fraction of sp³-hybridized carbons (Fsp3) is 0.231. The van der Waals surface area contributed by atoms with Crippen molar-refractivity contribution in [2.45, 2.75) is 19.4 Å². The minimum atomic E-state index is -0.222. The van der Waals surface area contributed by atoms with E-state index in [1.54, 1.807) is 0 Å². The van der Waals surface area contributed by atoms with Crippen LogP contribution in [0.15, 0.2) is 42.5 Å². The maximum atomic E-state index is 11.6. The highest BCUT2D eigenvalue weighted by Crippen LogP contribution is 2.26. The van der Waals surface area contributed by atoms with Gasteiger partial charge >= 0.3 is 0 Å². The van der Waals surface area contributed by atoms with E-state index in [1.807, 2.05) is 37.3 Å². The second-order valence-electron chi connectivity index (χ2n) is 3.71. The first kappa shape index (κ1) is 10.6. The zero-order valence-electron chi connectivity index (χ0n) is 9.09. The number of nitrogens with zero attached hydrogens (tertiary/aromatic N) is 1. The number of imide groups is 1. The molecule has 0 aromatic heterocycles. The molecule has 0 saturated carbocycles. The van der Waals surface area contributed by atoms with Crippen LogP contribution in [0.4, 0.5) is 0 Å². The number of hydrogen-bond donors (Lipinski definition) is 0. The largest absolute Gasteiger partial charge is 0.269 e. The molecule has 3 heteroatoms. The number of carbonyl (C=O) groups excluding carboxylic acids is 2. The average molecular weight is 215 g/mol. The maximum absolute atomic E-state index is 11.6. The zero-order valence-corrected chi connectivity index (χ0v) is 9.09. The lowest BCUT2D eigenvalue weighted by molar-refractivity contribution is -0.139. The van der Waals surface area contributed by atoms with E-state index in [1.165, 1.54) is 17.1 Å². The summed E-state index contributed by atoms with van der Waals surface area (Å²) in [5.74, 6) is -0.443. The quantitative estimate of drug-likeness (QED) is 0.724. The van der Waals surface area contributed by atoms with Crippen molar-refractivity contribution in [1.82, 2.24) is 4.90 Å². The first-order valence-corrected chi connectivity index (χ1v) is 5.34. The lowest BCUT2D eigenvalue weighted by Crippen LogP contribution is -2.33. The van der Waals surface area contributed by atoms with Crippen LogP contribution in [0.5, 0.6) is 0 Å². The van der Waals surface area contributed by atoms with E-state index in [2.05, 4.69) is 0 Å². The molecular weight excluding hydrogens is 202 g/mol. The van der Waals surface area contributed by atoms with Gasteiger partial charge in [0, 0.05) is 12.2 Å². The summed E-state index contributed by atoms with van der Waals surface area (Å²) in [7, 11) is 0. The highest BCUT2D eigenvalue weighted by atomic mass is 16.2. The van der Waals surface area contributed by atoms with E-state index in [0.717, 1.165) is 12.0 Å². The van der Waals surface area contributed by atoms with Gasteiger partial charge in [-0.1, -0.05) is 37.3 Å². The van der Waals surface area contributed by atoms with Gasteiger partial charge in [0.05, 0.1) is 6.04 Å². The Balaban J connectivity index is 2.31. The van der Waals surface area contributed by atoms with Gasteiger partial charge in [0.15, 0.2) is 0 Å². The molecule has 1 atom stereocenters. The summed E-state index contributed by atoms with van der Waals surface area (Å²) in [6.45, 7) is 1.97. The molecule has 82 valence electrons. The number of benzene rings is 1. The summed E-state index contributed by atoms with van der Waals surface area (Å²) < 4.78 is 0.